The largest absolute Gasteiger partial charge is 0.367 e. The number of nitrogens with zero attached hydrogens (tertiary/aromatic N) is 2. The first-order valence-corrected chi connectivity index (χ1v) is 8.92. The minimum Gasteiger partial charge on any atom is -0.367 e. The molecule has 0 N–H and O–H groups in total. The second kappa shape index (κ2) is 7.70. The van der Waals surface area contributed by atoms with E-state index in [0.29, 0.717) is 12.5 Å². The first kappa shape index (κ1) is 16.1. The van der Waals surface area contributed by atoms with Crippen molar-refractivity contribution in [1.82, 2.24) is 9.88 Å². The summed E-state index contributed by atoms with van der Waals surface area (Å²) in [5.41, 5.74) is 2.16. The van der Waals surface area contributed by atoms with Crippen LogP contribution in [-0.4, -0.2) is 35.5 Å². The summed E-state index contributed by atoms with van der Waals surface area (Å²) >= 11 is 1.70. The van der Waals surface area contributed by atoms with Gasteiger partial charge in [0, 0.05) is 30.1 Å². The van der Waals surface area contributed by atoms with E-state index in [1.807, 2.05) is 42.2 Å². The van der Waals surface area contributed by atoms with Crippen LogP contribution in [0.5, 0.6) is 0 Å². The van der Waals surface area contributed by atoms with Gasteiger partial charge in [-0.3, -0.25) is 4.79 Å². The molecule has 1 amide bonds. The number of ether oxygens (including phenoxy) is 1. The average molecular weight is 330 g/mol. The van der Waals surface area contributed by atoms with Crippen LogP contribution in [0.1, 0.15) is 35.0 Å². The summed E-state index contributed by atoms with van der Waals surface area (Å²) in [4.78, 5) is 18.9. The molecular formula is C18H22N2O2S. The van der Waals surface area contributed by atoms with Crippen LogP contribution in [0.15, 0.2) is 35.7 Å². The normalized spacial score (nSPS) is 18.1. The molecule has 1 saturated heterocycles. The summed E-state index contributed by atoms with van der Waals surface area (Å²) in [6, 6.07) is 9.94. The van der Waals surface area contributed by atoms with E-state index in [0.717, 1.165) is 42.2 Å². The molecule has 23 heavy (non-hydrogen) atoms. The van der Waals surface area contributed by atoms with E-state index < -0.39 is 0 Å². The molecule has 1 aliphatic rings. The van der Waals surface area contributed by atoms with Crippen LogP contribution in [-0.2, 0) is 16.1 Å². The number of thiazole rings is 1. The standard InChI is InChI=1S/C18H22N2O2S/c1-14-13-23-18(19-14)16-8-5-9-20(10-16)17(21)12-22-11-15-6-3-2-4-7-15/h2-4,6-7,13,16H,5,8-12H2,1H3. The highest BCUT2D eigenvalue weighted by Gasteiger charge is 2.26. The molecule has 1 aromatic heterocycles. The van der Waals surface area contributed by atoms with Gasteiger partial charge in [0.15, 0.2) is 0 Å². The van der Waals surface area contributed by atoms with E-state index >= 15 is 0 Å². The Balaban J connectivity index is 1.49. The lowest BCUT2D eigenvalue weighted by Gasteiger charge is -2.31. The molecule has 0 bridgehead atoms. The maximum Gasteiger partial charge on any atom is 0.248 e. The molecule has 122 valence electrons. The Morgan fingerprint density at radius 1 is 1.39 bits per heavy atom. The van der Waals surface area contributed by atoms with Gasteiger partial charge in [0.05, 0.1) is 11.6 Å². The number of carbonyl (C=O) groups is 1. The number of aryl methyl sites for hydroxylation is 1. The third kappa shape index (κ3) is 4.39. The Labute approximate surface area is 141 Å². The van der Waals surface area contributed by atoms with Crippen molar-refractivity contribution >= 4 is 17.2 Å². The monoisotopic (exact) mass is 330 g/mol. The van der Waals surface area contributed by atoms with E-state index in [1.54, 1.807) is 11.3 Å². The van der Waals surface area contributed by atoms with Crippen molar-refractivity contribution in [3.8, 4) is 0 Å². The fraction of sp³-hybridized carbons (Fsp3) is 0.444. The van der Waals surface area contributed by atoms with Crippen LogP contribution in [0.2, 0.25) is 0 Å². The second-order valence-electron chi connectivity index (χ2n) is 5.98. The SMILES string of the molecule is Cc1csc(C2CCCN(C(=O)COCc3ccccc3)C2)n1. The summed E-state index contributed by atoms with van der Waals surface area (Å²) in [5.74, 6) is 0.458. The van der Waals surface area contributed by atoms with Crippen LogP contribution < -0.4 is 0 Å². The molecule has 1 atom stereocenters. The van der Waals surface area contributed by atoms with Crippen molar-refractivity contribution < 1.29 is 9.53 Å². The van der Waals surface area contributed by atoms with E-state index in [1.165, 1.54) is 0 Å². The Kier molecular flexibility index (Phi) is 5.41. The summed E-state index contributed by atoms with van der Waals surface area (Å²) in [6.07, 6.45) is 2.15. The Bertz CT molecular complexity index is 641. The van der Waals surface area contributed by atoms with Gasteiger partial charge in [0.25, 0.3) is 0 Å². The number of benzene rings is 1. The maximum atomic E-state index is 12.4. The number of carbonyl (C=O) groups excluding carboxylic acids is 1. The van der Waals surface area contributed by atoms with Gasteiger partial charge >= 0.3 is 0 Å². The van der Waals surface area contributed by atoms with Crippen molar-refractivity contribution in [3.63, 3.8) is 0 Å². The number of hydrogen-bond acceptors (Lipinski definition) is 4. The summed E-state index contributed by atoms with van der Waals surface area (Å²) < 4.78 is 5.58. The minimum atomic E-state index is 0.0823. The predicted octanol–water partition coefficient (Wildman–Crippen LogP) is 3.37. The third-order valence-corrected chi connectivity index (χ3v) is 5.22. The van der Waals surface area contributed by atoms with Gasteiger partial charge in [-0.15, -0.1) is 11.3 Å². The van der Waals surface area contributed by atoms with Gasteiger partial charge in [0.1, 0.15) is 6.61 Å². The third-order valence-electron chi connectivity index (χ3n) is 4.10. The highest BCUT2D eigenvalue weighted by atomic mass is 32.1. The molecule has 1 fully saturated rings. The first-order valence-electron chi connectivity index (χ1n) is 8.04. The van der Waals surface area contributed by atoms with Gasteiger partial charge in [-0.25, -0.2) is 4.98 Å². The van der Waals surface area contributed by atoms with Crippen LogP contribution in [0, 0.1) is 6.92 Å². The topological polar surface area (TPSA) is 42.4 Å². The molecule has 2 heterocycles. The van der Waals surface area contributed by atoms with Gasteiger partial charge in [-0.05, 0) is 25.3 Å². The van der Waals surface area contributed by atoms with Crippen molar-refractivity contribution in [2.75, 3.05) is 19.7 Å². The van der Waals surface area contributed by atoms with E-state index in [9.17, 15) is 4.79 Å². The number of aromatic nitrogens is 1. The zero-order valence-corrected chi connectivity index (χ0v) is 14.2. The Hall–Kier alpha value is -1.72. The Morgan fingerprint density at radius 3 is 2.96 bits per heavy atom. The fourth-order valence-electron chi connectivity index (χ4n) is 2.89. The van der Waals surface area contributed by atoms with E-state index in [2.05, 4.69) is 10.4 Å². The molecule has 5 heteroatoms. The van der Waals surface area contributed by atoms with Crippen LogP contribution in [0.3, 0.4) is 0 Å². The van der Waals surface area contributed by atoms with Crippen molar-refractivity contribution in [1.29, 1.82) is 0 Å². The maximum absolute atomic E-state index is 12.4. The van der Waals surface area contributed by atoms with Crippen molar-refractivity contribution in [2.24, 2.45) is 0 Å². The molecule has 1 unspecified atom stereocenters. The van der Waals surface area contributed by atoms with E-state index in [-0.39, 0.29) is 12.5 Å². The molecule has 1 aromatic carbocycles. The van der Waals surface area contributed by atoms with E-state index in [4.69, 9.17) is 4.74 Å². The van der Waals surface area contributed by atoms with Gasteiger partial charge in [0.2, 0.25) is 5.91 Å². The highest BCUT2D eigenvalue weighted by molar-refractivity contribution is 7.09. The number of piperidine rings is 1. The van der Waals surface area contributed by atoms with Gasteiger partial charge < -0.3 is 9.64 Å². The first-order chi connectivity index (χ1) is 11.2. The predicted molar refractivity (Wildman–Crippen MR) is 91.5 cm³/mol. The van der Waals surface area contributed by atoms with Crippen LogP contribution >= 0.6 is 11.3 Å². The smallest absolute Gasteiger partial charge is 0.248 e. The molecule has 0 aliphatic carbocycles. The Morgan fingerprint density at radius 2 is 2.22 bits per heavy atom. The van der Waals surface area contributed by atoms with Gasteiger partial charge in [-0.1, -0.05) is 30.3 Å². The lowest BCUT2D eigenvalue weighted by atomic mass is 9.99. The number of hydrogen-bond donors (Lipinski definition) is 0. The van der Waals surface area contributed by atoms with Crippen LogP contribution in [0.4, 0.5) is 0 Å². The molecule has 2 aromatic rings. The highest BCUT2D eigenvalue weighted by Crippen LogP contribution is 2.29. The minimum absolute atomic E-state index is 0.0823. The van der Waals surface area contributed by atoms with Crippen molar-refractivity contribution in [3.05, 3.63) is 52.0 Å². The lowest BCUT2D eigenvalue weighted by molar-refractivity contribution is -0.137. The molecule has 0 saturated carbocycles. The molecule has 3 rings (SSSR count). The average Bonchev–Trinajstić information content (AvgIpc) is 3.02. The molecule has 0 spiro atoms. The molecule has 1 aliphatic heterocycles. The second-order valence-corrected chi connectivity index (χ2v) is 6.87. The number of likely N-dealkylation sites (tertiary alicyclic amines) is 1. The van der Waals surface area contributed by atoms with Gasteiger partial charge in [-0.2, -0.15) is 0 Å². The zero-order chi connectivity index (χ0) is 16.1. The summed E-state index contributed by atoms with van der Waals surface area (Å²) in [6.45, 7) is 4.24. The molecule has 4 nitrogen and oxygen atoms in total. The molecular weight excluding hydrogens is 308 g/mol. The summed E-state index contributed by atoms with van der Waals surface area (Å²) in [7, 11) is 0. The summed E-state index contributed by atoms with van der Waals surface area (Å²) in [5, 5.41) is 3.24. The molecule has 0 radical (unpaired) electrons. The van der Waals surface area contributed by atoms with Crippen LogP contribution in [0.25, 0.3) is 0 Å². The van der Waals surface area contributed by atoms with Crippen molar-refractivity contribution in [2.45, 2.75) is 32.3 Å². The number of amides is 1. The quantitative estimate of drug-likeness (QED) is 0.844. The number of rotatable bonds is 5. The zero-order valence-electron chi connectivity index (χ0n) is 13.4. The fourth-order valence-corrected chi connectivity index (χ4v) is 3.81. The lowest BCUT2D eigenvalue weighted by Crippen LogP contribution is -2.41.